The molecule has 0 heterocycles. The van der Waals surface area contributed by atoms with Crippen molar-refractivity contribution in [3.05, 3.63) is 12.7 Å². The summed E-state index contributed by atoms with van der Waals surface area (Å²) in [6.45, 7) is 11.5. The van der Waals surface area contributed by atoms with Crippen LogP contribution in [0.1, 0.15) is 32.1 Å². The van der Waals surface area contributed by atoms with Gasteiger partial charge in [-0.3, -0.25) is 0 Å². The zero-order valence-electron chi connectivity index (χ0n) is 9.47. The molecule has 0 radical (unpaired) electrons. The van der Waals surface area contributed by atoms with E-state index in [9.17, 15) is 0 Å². The molecule has 1 aliphatic carbocycles. The molecule has 0 nitrogen and oxygen atoms in total. The zero-order valence-corrected chi connectivity index (χ0v) is 10.5. The molecular weight excluding hydrogens is 172 g/mol. The molecule has 0 N–H and O–H groups in total. The number of allylic oxidation sites excluding steroid dienone is 1. The summed E-state index contributed by atoms with van der Waals surface area (Å²) < 4.78 is 0. The summed E-state index contributed by atoms with van der Waals surface area (Å²) >= 11 is 0. The minimum absolute atomic E-state index is 0.854. The average molecular weight is 196 g/mol. The Hall–Kier alpha value is -0.0431. The van der Waals surface area contributed by atoms with E-state index in [2.05, 4.69) is 32.3 Å². The third-order valence-electron chi connectivity index (χ3n) is 3.41. The van der Waals surface area contributed by atoms with Gasteiger partial charge >= 0.3 is 0 Å². The van der Waals surface area contributed by atoms with Crippen LogP contribution in [-0.4, -0.2) is 8.07 Å². The molecule has 1 fully saturated rings. The van der Waals surface area contributed by atoms with Crippen molar-refractivity contribution < 1.29 is 0 Å². The minimum atomic E-state index is -0.992. The van der Waals surface area contributed by atoms with Gasteiger partial charge in [-0.05, 0) is 11.5 Å². The molecule has 1 saturated carbocycles. The lowest BCUT2D eigenvalue weighted by Crippen LogP contribution is -2.33. The van der Waals surface area contributed by atoms with Crippen molar-refractivity contribution in [2.75, 3.05) is 0 Å². The second kappa shape index (κ2) is 4.45. The molecule has 1 atom stereocenters. The molecule has 0 amide bonds. The van der Waals surface area contributed by atoms with Crippen LogP contribution in [0.5, 0.6) is 0 Å². The smallest absolute Gasteiger partial charge is 0.0517 e. The Labute approximate surface area is 84.4 Å². The van der Waals surface area contributed by atoms with Crippen molar-refractivity contribution in [1.82, 2.24) is 0 Å². The molecule has 0 aromatic carbocycles. The Kier molecular flexibility index (Phi) is 3.78. The van der Waals surface area contributed by atoms with Gasteiger partial charge in [-0.2, -0.15) is 0 Å². The highest BCUT2D eigenvalue weighted by Crippen LogP contribution is 2.39. The molecule has 0 spiro atoms. The van der Waals surface area contributed by atoms with Crippen LogP contribution in [0, 0.1) is 5.92 Å². The molecule has 13 heavy (non-hydrogen) atoms. The maximum absolute atomic E-state index is 4.04. The first-order valence-electron chi connectivity index (χ1n) is 5.68. The molecule has 1 rings (SSSR count). The van der Waals surface area contributed by atoms with E-state index < -0.39 is 8.07 Å². The maximum atomic E-state index is 4.04. The van der Waals surface area contributed by atoms with Gasteiger partial charge in [-0.15, -0.1) is 6.58 Å². The van der Waals surface area contributed by atoms with Gasteiger partial charge in [0.15, 0.2) is 0 Å². The van der Waals surface area contributed by atoms with E-state index in [0.29, 0.717) is 0 Å². The summed E-state index contributed by atoms with van der Waals surface area (Å²) in [4.78, 5) is 0. The molecular formula is C12H24Si. The molecule has 1 heteroatoms. The highest BCUT2D eigenvalue weighted by Gasteiger charge is 2.31. The van der Waals surface area contributed by atoms with Crippen molar-refractivity contribution in [3.63, 3.8) is 0 Å². The van der Waals surface area contributed by atoms with Gasteiger partial charge in [0.1, 0.15) is 0 Å². The highest BCUT2D eigenvalue weighted by molar-refractivity contribution is 6.78. The summed E-state index contributed by atoms with van der Waals surface area (Å²) in [6.07, 6.45) is 9.55. The van der Waals surface area contributed by atoms with Crippen LogP contribution in [-0.2, 0) is 0 Å². The topological polar surface area (TPSA) is 0 Å². The van der Waals surface area contributed by atoms with Gasteiger partial charge in [0.25, 0.3) is 0 Å². The Morgan fingerprint density at radius 1 is 1.15 bits per heavy atom. The van der Waals surface area contributed by atoms with Gasteiger partial charge in [0, 0.05) is 0 Å². The highest BCUT2D eigenvalue weighted by atomic mass is 28.3. The number of hydrogen-bond acceptors (Lipinski definition) is 0. The van der Waals surface area contributed by atoms with Crippen LogP contribution in [0.3, 0.4) is 0 Å². The Bertz CT molecular complexity index is 160. The van der Waals surface area contributed by atoms with E-state index in [1.165, 1.54) is 32.1 Å². The molecule has 0 aliphatic heterocycles. The predicted octanol–water partition coefficient (Wildman–Crippen LogP) is 4.46. The van der Waals surface area contributed by atoms with Crippen LogP contribution in [0.25, 0.3) is 0 Å². The monoisotopic (exact) mass is 196 g/mol. The summed E-state index contributed by atoms with van der Waals surface area (Å²) in [5.41, 5.74) is 0.854. The van der Waals surface area contributed by atoms with Crippen molar-refractivity contribution in [3.8, 4) is 0 Å². The lowest BCUT2D eigenvalue weighted by Gasteiger charge is -2.35. The lowest BCUT2D eigenvalue weighted by molar-refractivity contribution is 0.357. The molecule has 0 aromatic heterocycles. The molecule has 0 aromatic rings. The van der Waals surface area contributed by atoms with E-state index in [0.717, 1.165) is 11.5 Å². The van der Waals surface area contributed by atoms with E-state index in [4.69, 9.17) is 0 Å². The average Bonchev–Trinajstić information content (AvgIpc) is 2.05. The Morgan fingerprint density at radius 3 is 2.08 bits per heavy atom. The quantitative estimate of drug-likeness (QED) is 0.462. The second-order valence-electron chi connectivity index (χ2n) is 5.53. The van der Waals surface area contributed by atoms with Crippen molar-refractivity contribution >= 4 is 8.07 Å². The fourth-order valence-electron chi connectivity index (χ4n) is 2.75. The normalized spacial score (nSPS) is 22.7. The third-order valence-corrected chi connectivity index (χ3v) is 6.12. The van der Waals surface area contributed by atoms with E-state index in [1.807, 2.05) is 0 Å². The zero-order chi connectivity index (χ0) is 9.90. The Morgan fingerprint density at radius 2 is 1.69 bits per heavy atom. The summed E-state index contributed by atoms with van der Waals surface area (Å²) in [5, 5.41) is 0. The van der Waals surface area contributed by atoms with Gasteiger partial charge in [0.05, 0.1) is 8.07 Å². The molecule has 1 aliphatic rings. The van der Waals surface area contributed by atoms with E-state index in [1.54, 1.807) is 0 Å². The number of rotatable bonds is 3. The molecule has 0 bridgehead atoms. The SMILES string of the molecule is C=CC(C1CCCCC1)[Si](C)(C)C. The Balaban J connectivity index is 2.59. The molecule has 1 unspecified atom stereocenters. The standard InChI is InChI=1S/C12H24Si/c1-5-12(13(2,3)4)11-9-7-6-8-10-11/h5,11-12H,1,6-10H2,2-4H3. The first kappa shape index (κ1) is 11.0. The lowest BCUT2D eigenvalue weighted by atomic mass is 9.86. The maximum Gasteiger partial charge on any atom is 0.0517 e. The first-order valence-corrected chi connectivity index (χ1v) is 9.26. The molecule has 0 saturated heterocycles. The van der Waals surface area contributed by atoms with Crippen molar-refractivity contribution in [2.24, 2.45) is 5.92 Å². The van der Waals surface area contributed by atoms with Crippen LogP contribution < -0.4 is 0 Å². The van der Waals surface area contributed by atoms with Gasteiger partial charge in [0.2, 0.25) is 0 Å². The van der Waals surface area contributed by atoms with Crippen LogP contribution in [0.15, 0.2) is 12.7 Å². The van der Waals surface area contributed by atoms with E-state index in [-0.39, 0.29) is 0 Å². The van der Waals surface area contributed by atoms with Gasteiger partial charge in [-0.1, -0.05) is 57.8 Å². The fourth-order valence-corrected chi connectivity index (χ4v) is 5.20. The van der Waals surface area contributed by atoms with Crippen molar-refractivity contribution in [2.45, 2.75) is 57.3 Å². The van der Waals surface area contributed by atoms with Crippen LogP contribution in [0.2, 0.25) is 25.2 Å². The number of hydrogen-bond donors (Lipinski definition) is 0. The largest absolute Gasteiger partial charge is 0.103 e. The van der Waals surface area contributed by atoms with E-state index >= 15 is 0 Å². The summed E-state index contributed by atoms with van der Waals surface area (Å²) in [5.74, 6) is 0.970. The van der Waals surface area contributed by atoms with Gasteiger partial charge in [-0.25, -0.2) is 0 Å². The third kappa shape index (κ3) is 2.98. The van der Waals surface area contributed by atoms with Crippen LogP contribution >= 0.6 is 0 Å². The van der Waals surface area contributed by atoms with Gasteiger partial charge < -0.3 is 0 Å². The molecule has 76 valence electrons. The first-order chi connectivity index (χ1) is 6.05. The fraction of sp³-hybridized carbons (Fsp3) is 0.833. The van der Waals surface area contributed by atoms with Crippen LogP contribution in [0.4, 0.5) is 0 Å². The second-order valence-corrected chi connectivity index (χ2v) is 10.9. The minimum Gasteiger partial charge on any atom is -0.103 e. The van der Waals surface area contributed by atoms with Crippen molar-refractivity contribution in [1.29, 1.82) is 0 Å². The summed E-state index contributed by atoms with van der Waals surface area (Å²) in [6, 6.07) is 0. The summed E-state index contributed by atoms with van der Waals surface area (Å²) in [7, 11) is -0.992. The predicted molar refractivity (Wildman–Crippen MR) is 63.9 cm³/mol.